The number of hydrogen-bond donors (Lipinski definition) is 1. The van der Waals surface area contributed by atoms with E-state index in [2.05, 4.69) is 28.2 Å². The average molecular weight is 258 g/mol. The molecule has 1 nitrogen and oxygen atoms in total. The summed E-state index contributed by atoms with van der Waals surface area (Å²) < 4.78 is 13.8. The molecule has 1 aromatic rings. The fourth-order valence-electron chi connectivity index (χ4n) is 2.06. The smallest absolute Gasteiger partial charge is 0.124 e. The summed E-state index contributed by atoms with van der Waals surface area (Å²) in [5.41, 5.74) is 1.16. The summed E-state index contributed by atoms with van der Waals surface area (Å²) in [6.07, 6.45) is 2.29. The van der Waals surface area contributed by atoms with Crippen LogP contribution in [0, 0.1) is 5.82 Å². The Hall–Kier alpha value is -0.410. The second kappa shape index (κ2) is 3.63. The Bertz CT molecular complexity index is 345. The van der Waals surface area contributed by atoms with Crippen molar-refractivity contribution in [2.45, 2.75) is 25.3 Å². The van der Waals surface area contributed by atoms with E-state index in [0.29, 0.717) is 0 Å². The van der Waals surface area contributed by atoms with Crippen LogP contribution in [0.25, 0.3) is 0 Å². The van der Waals surface area contributed by atoms with Gasteiger partial charge in [-0.2, -0.15) is 0 Å². The van der Waals surface area contributed by atoms with Gasteiger partial charge in [0.2, 0.25) is 0 Å². The van der Waals surface area contributed by atoms with Crippen LogP contribution in [0.4, 0.5) is 4.39 Å². The highest BCUT2D eigenvalue weighted by Crippen LogP contribution is 2.35. The summed E-state index contributed by atoms with van der Waals surface area (Å²) in [4.78, 5) is 0. The van der Waals surface area contributed by atoms with E-state index in [-0.39, 0.29) is 11.4 Å². The number of hydrogen-bond acceptors (Lipinski definition) is 1. The van der Waals surface area contributed by atoms with Gasteiger partial charge in [0.1, 0.15) is 5.82 Å². The number of halogens is 2. The zero-order valence-electron chi connectivity index (χ0n) is 8.11. The van der Waals surface area contributed by atoms with Crippen molar-refractivity contribution in [3.63, 3.8) is 0 Å². The molecule has 0 radical (unpaired) electrons. The summed E-state index contributed by atoms with van der Waals surface area (Å²) in [6, 6.07) is 4.91. The average Bonchev–Trinajstić information content (AvgIpc) is 2.52. The lowest BCUT2D eigenvalue weighted by Crippen LogP contribution is -2.33. The van der Waals surface area contributed by atoms with Crippen LogP contribution in [0.5, 0.6) is 0 Å². The molecule has 2 rings (SSSR count). The van der Waals surface area contributed by atoms with Gasteiger partial charge in [-0.15, -0.1) is 0 Å². The minimum atomic E-state index is -0.192. The maximum atomic E-state index is 12.9. The first-order chi connectivity index (χ1) is 6.62. The Labute approximate surface area is 91.8 Å². The maximum absolute atomic E-state index is 12.9. The third-order valence-corrected chi connectivity index (χ3v) is 3.55. The van der Waals surface area contributed by atoms with Gasteiger partial charge in [-0.1, -0.05) is 22.0 Å². The molecular weight excluding hydrogens is 245 g/mol. The Morgan fingerprint density at radius 2 is 2.29 bits per heavy atom. The quantitative estimate of drug-likeness (QED) is 0.815. The van der Waals surface area contributed by atoms with Gasteiger partial charge in [0, 0.05) is 10.0 Å². The molecule has 0 amide bonds. The molecule has 1 atom stereocenters. The van der Waals surface area contributed by atoms with Crippen molar-refractivity contribution in [2.24, 2.45) is 0 Å². The predicted molar refractivity (Wildman–Crippen MR) is 58.7 cm³/mol. The van der Waals surface area contributed by atoms with E-state index < -0.39 is 0 Å². The van der Waals surface area contributed by atoms with Crippen LogP contribution < -0.4 is 5.32 Å². The highest BCUT2D eigenvalue weighted by molar-refractivity contribution is 9.10. The van der Waals surface area contributed by atoms with E-state index >= 15 is 0 Å². The molecule has 1 fully saturated rings. The molecule has 0 bridgehead atoms. The molecule has 76 valence electrons. The molecule has 1 aliphatic rings. The molecule has 1 unspecified atom stereocenters. The van der Waals surface area contributed by atoms with Crippen molar-refractivity contribution < 1.29 is 4.39 Å². The Balaban J connectivity index is 2.40. The van der Waals surface area contributed by atoms with Crippen LogP contribution in [0.15, 0.2) is 22.7 Å². The highest BCUT2D eigenvalue weighted by atomic mass is 79.9. The largest absolute Gasteiger partial charge is 0.308 e. The Morgan fingerprint density at radius 1 is 1.50 bits per heavy atom. The van der Waals surface area contributed by atoms with Crippen molar-refractivity contribution in [1.82, 2.24) is 5.32 Å². The SMILES string of the molecule is CC1(c2ccc(F)cc2Br)CCCN1. The molecule has 0 spiro atoms. The van der Waals surface area contributed by atoms with Crippen molar-refractivity contribution in [3.05, 3.63) is 34.1 Å². The topological polar surface area (TPSA) is 12.0 Å². The summed E-state index contributed by atoms with van der Waals surface area (Å²) in [5, 5.41) is 3.46. The molecular formula is C11H13BrFN. The van der Waals surface area contributed by atoms with E-state index in [1.165, 1.54) is 18.6 Å². The van der Waals surface area contributed by atoms with E-state index in [9.17, 15) is 4.39 Å². The van der Waals surface area contributed by atoms with Gasteiger partial charge >= 0.3 is 0 Å². The maximum Gasteiger partial charge on any atom is 0.124 e. The zero-order valence-corrected chi connectivity index (χ0v) is 9.70. The van der Waals surface area contributed by atoms with Crippen molar-refractivity contribution in [3.8, 4) is 0 Å². The number of nitrogens with one attached hydrogen (secondary N) is 1. The molecule has 0 aromatic heterocycles. The third kappa shape index (κ3) is 1.71. The first-order valence-corrected chi connectivity index (χ1v) is 5.62. The van der Waals surface area contributed by atoms with Gasteiger partial charge < -0.3 is 5.32 Å². The fourth-order valence-corrected chi connectivity index (χ4v) is 2.85. The molecule has 1 heterocycles. The molecule has 1 aliphatic heterocycles. The predicted octanol–water partition coefficient (Wildman–Crippen LogP) is 3.19. The Kier molecular flexibility index (Phi) is 2.62. The van der Waals surface area contributed by atoms with E-state index in [0.717, 1.165) is 23.0 Å². The molecule has 14 heavy (non-hydrogen) atoms. The number of benzene rings is 1. The van der Waals surface area contributed by atoms with Crippen LogP contribution in [0.1, 0.15) is 25.3 Å². The van der Waals surface area contributed by atoms with Crippen molar-refractivity contribution >= 4 is 15.9 Å². The van der Waals surface area contributed by atoms with Crippen LogP contribution in [0.3, 0.4) is 0 Å². The van der Waals surface area contributed by atoms with Crippen LogP contribution in [-0.4, -0.2) is 6.54 Å². The van der Waals surface area contributed by atoms with Gasteiger partial charge in [0.25, 0.3) is 0 Å². The minimum Gasteiger partial charge on any atom is -0.308 e. The minimum absolute atomic E-state index is 0.00648. The summed E-state index contributed by atoms with van der Waals surface area (Å²) in [7, 11) is 0. The lowest BCUT2D eigenvalue weighted by molar-refractivity contribution is 0.432. The highest BCUT2D eigenvalue weighted by Gasteiger charge is 2.31. The normalized spacial score (nSPS) is 26.8. The monoisotopic (exact) mass is 257 g/mol. The molecule has 1 saturated heterocycles. The second-order valence-electron chi connectivity index (χ2n) is 3.99. The van der Waals surface area contributed by atoms with E-state index in [4.69, 9.17) is 0 Å². The molecule has 1 N–H and O–H groups in total. The van der Waals surface area contributed by atoms with Gasteiger partial charge in [-0.05, 0) is 44.0 Å². The van der Waals surface area contributed by atoms with Crippen molar-refractivity contribution in [1.29, 1.82) is 0 Å². The first kappa shape index (κ1) is 10.1. The Morgan fingerprint density at radius 3 is 2.86 bits per heavy atom. The van der Waals surface area contributed by atoms with Crippen LogP contribution >= 0.6 is 15.9 Å². The summed E-state index contributed by atoms with van der Waals surface area (Å²) >= 11 is 3.41. The molecule has 3 heteroatoms. The van der Waals surface area contributed by atoms with Crippen molar-refractivity contribution in [2.75, 3.05) is 6.54 Å². The fraction of sp³-hybridized carbons (Fsp3) is 0.455. The molecule has 0 saturated carbocycles. The van der Waals surface area contributed by atoms with E-state index in [1.54, 1.807) is 0 Å². The molecule has 0 aliphatic carbocycles. The lowest BCUT2D eigenvalue weighted by atomic mass is 9.91. The van der Waals surface area contributed by atoms with Crippen LogP contribution in [0.2, 0.25) is 0 Å². The van der Waals surface area contributed by atoms with Gasteiger partial charge in [-0.25, -0.2) is 4.39 Å². The summed E-state index contributed by atoms with van der Waals surface area (Å²) in [6.45, 7) is 3.21. The second-order valence-corrected chi connectivity index (χ2v) is 4.84. The van der Waals surface area contributed by atoms with E-state index in [1.807, 2.05) is 6.07 Å². The zero-order chi connectivity index (χ0) is 10.2. The summed E-state index contributed by atoms with van der Waals surface area (Å²) in [5.74, 6) is -0.192. The van der Waals surface area contributed by atoms with Gasteiger partial charge in [-0.3, -0.25) is 0 Å². The molecule has 1 aromatic carbocycles. The first-order valence-electron chi connectivity index (χ1n) is 4.82. The van der Waals surface area contributed by atoms with Crippen LogP contribution in [-0.2, 0) is 5.54 Å². The standard InChI is InChI=1S/C11H13BrFN/c1-11(5-2-6-14-11)9-4-3-8(13)7-10(9)12/h3-4,7,14H,2,5-6H2,1H3. The number of rotatable bonds is 1. The van der Waals surface area contributed by atoms with Gasteiger partial charge in [0.05, 0.1) is 0 Å². The third-order valence-electron chi connectivity index (χ3n) is 2.89. The lowest BCUT2D eigenvalue weighted by Gasteiger charge is -2.26. The van der Waals surface area contributed by atoms with Gasteiger partial charge in [0.15, 0.2) is 0 Å².